The van der Waals surface area contributed by atoms with E-state index in [0.29, 0.717) is 13.2 Å². The summed E-state index contributed by atoms with van der Waals surface area (Å²) in [6.45, 7) is 0.722. The highest BCUT2D eigenvalue weighted by Crippen LogP contribution is 2.30. The van der Waals surface area contributed by atoms with Crippen LogP contribution >= 0.6 is 11.6 Å². The van der Waals surface area contributed by atoms with E-state index in [9.17, 15) is 13.6 Å². The Morgan fingerprint density at radius 1 is 1.43 bits per heavy atom. The van der Waals surface area contributed by atoms with Crippen molar-refractivity contribution in [2.75, 3.05) is 26.6 Å². The fourth-order valence-corrected chi connectivity index (χ4v) is 2.02. The van der Waals surface area contributed by atoms with Crippen molar-refractivity contribution < 1.29 is 27.8 Å². The first-order valence-corrected chi connectivity index (χ1v) is 6.59. The van der Waals surface area contributed by atoms with Gasteiger partial charge in [-0.15, -0.1) is 0 Å². The van der Waals surface area contributed by atoms with E-state index in [1.165, 1.54) is 18.2 Å². The fraction of sp³-hybridized carbons (Fsp3) is 0.462. The Balaban J connectivity index is 1.82. The summed E-state index contributed by atoms with van der Waals surface area (Å²) in [6.07, 6.45) is -2.65. The zero-order valence-corrected chi connectivity index (χ0v) is 11.7. The highest BCUT2D eigenvalue weighted by atomic mass is 35.5. The predicted octanol–water partition coefficient (Wildman–Crippen LogP) is 2.15. The molecule has 1 aliphatic heterocycles. The molecular weight excluding hydrogens is 308 g/mol. The minimum atomic E-state index is -2.65. The first-order chi connectivity index (χ1) is 10.1. The highest BCUT2D eigenvalue weighted by Gasteiger charge is 2.17. The zero-order chi connectivity index (χ0) is 15.2. The van der Waals surface area contributed by atoms with Crippen molar-refractivity contribution in [3.8, 4) is 5.75 Å². The molecule has 0 saturated carbocycles. The number of ether oxygens (including phenoxy) is 3. The monoisotopic (exact) mass is 321 g/mol. The molecule has 1 N–H and O–H groups in total. The van der Waals surface area contributed by atoms with Crippen molar-refractivity contribution in [1.29, 1.82) is 0 Å². The van der Waals surface area contributed by atoms with Crippen molar-refractivity contribution in [3.05, 3.63) is 28.8 Å². The lowest BCUT2D eigenvalue weighted by Crippen LogP contribution is -2.46. The van der Waals surface area contributed by atoms with Crippen LogP contribution in [0.5, 0.6) is 5.75 Å². The summed E-state index contributed by atoms with van der Waals surface area (Å²) in [6, 6.07) is 3.54. The van der Waals surface area contributed by atoms with Gasteiger partial charge >= 0.3 is 0 Å². The van der Waals surface area contributed by atoms with Crippen LogP contribution in [-0.4, -0.2) is 38.6 Å². The van der Waals surface area contributed by atoms with Crippen molar-refractivity contribution in [3.63, 3.8) is 0 Å². The zero-order valence-electron chi connectivity index (χ0n) is 11.0. The molecule has 8 heteroatoms. The molecule has 1 aliphatic rings. The molecule has 0 bridgehead atoms. The Hall–Kier alpha value is -1.44. The standard InChI is InChI=1S/C13H14ClF2NO4/c14-11-3-9(1-2-10(11)13(15)16)21-6-12(18)17-8-4-19-7-20-5-8/h1-3,8,13H,4-7H2,(H,17,18). The number of benzene rings is 1. The van der Waals surface area contributed by atoms with Gasteiger partial charge in [0.15, 0.2) is 6.61 Å². The van der Waals surface area contributed by atoms with E-state index in [-0.39, 0.29) is 41.7 Å². The molecule has 116 valence electrons. The van der Waals surface area contributed by atoms with Gasteiger partial charge in [0, 0.05) is 5.56 Å². The summed E-state index contributed by atoms with van der Waals surface area (Å²) in [5.41, 5.74) is -0.273. The fourth-order valence-electron chi connectivity index (χ4n) is 1.76. The van der Waals surface area contributed by atoms with Gasteiger partial charge in [0.2, 0.25) is 0 Å². The third kappa shape index (κ3) is 4.80. The lowest BCUT2D eigenvalue weighted by atomic mass is 10.2. The Labute approximate surface area is 125 Å². The van der Waals surface area contributed by atoms with Gasteiger partial charge in [-0.1, -0.05) is 11.6 Å². The molecule has 1 heterocycles. The Kier molecular flexibility index (Phi) is 5.72. The van der Waals surface area contributed by atoms with Crippen LogP contribution in [0.2, 0.25) is 5.02 Å². The van der Waals surface area contributed by atoms with Gasteiger partial charge in [0.25, 0.3) is 12.3 Å². The van der Waals surface area contributed by atoms with Gasteiger partial charge in [0.1, 0.15) is 12.5 Å². The topological polar surface area (TPSA) is 56.8 Å². The van der Waals surface area contributed by atoms with Crippen LogP contribution in [0, 0.1) is 0 Å². The quantitative estimate of drug-likeness (QED) is 0.903. The molecule has 21 heavy (non-hydrogen) atoms. The molecule has 0 aromatic heterocycles. The number of halogens is 3. The first-order valence-electron chi connectivity index (χ1n) is 6.21. The van der Waals surface area contributed by atoms with Crippen molar-refractivity contribution in [2.24, 2.45) is 0 Å². The van der Waals surface area contributed by atoms with Crippen LogP contribution in [-0.2, 0) is 14.3 Å². The van der Waals surface area contributed by atoms with Crippen LogP contribution in [0.4, 0.5) is 8.78 Å². The maximum absolute atomic E-state index is 12.5. The van der Waals surface area contributed by atoms with E-state index in [1.54, 1.807) is 0 Å². The summed E-state index contributed by atoms with van der Waals surface area (Å²) in [5.74, 6) is -0.112. The second-order valence-corrected chi connectivity index (χ2v) is 4.80. The van der Waals surface area contributed by atoms with Gasteiger partial charge in [-0.3, -0.25) is 4.79 Å². The molecule has 0 aliphatic carbocycles. The minimum Gasteiger partial charge on any atom is -0.484 e. The van der Waals surface area contributed by atoms with Crippen LogP contribution in [0.1, 0.15) is 12.0 Å². The van der Waals surface area contributed by atoms with E-state index in [0.717, 1.165) is 0 Å². The average molecular weight is 322 g/mol. The molecule has 1 aromatic rings. The lowest BCUT2D eigenvalue weighted by molar-refractivity contribution is -0.134. The number of nitrogens with one attached hydrogen (secondary N) is 1. The first kappa shape index (κ1) is 15.9. The van der Waals surface area contributed by atoms with E-state index in [2.05, 4.69) is 5.32 Å². The summed E-state index contributed by atoms with van der Waals surface area (Å²) in [5, 5.41) is 2.57. The van der Waals surface area contributed by atoms with Gasteiger partial charge < -0.3 is 19.5 Å². The highest BCUT2D eigenvalue weighted by molar-refractivity contribution is 6.31. The Morgan fingerprint density at radius 3 is 2.76 bits per heavy atom. The second-order valence-electron chi connectivity index (χ2n) is 4.40. The Morgan fingerprint density at radius 2 is 2.14 bits per heavy atom. The van der Waals surface area contributed by atoms with Crippen LogP contribution in [0.15, 0.2) is 18.2 Å². The smallest absolute Gasteiger partial charge is 0.265 e. The largest absolute Gasteiger partial charge is 0.484 e. The third-order valence-electron chi connectivity index (χ3n) is 2.75. The lowest BCUT2D eigenvalue weighted by Gasteiger charge is -2.23. The van der Waals surface area contributed by atoms with Crippen LogP contribution in [0.3, 0.4) is 0 Å². The van der Waals surface area contributed by atoms with Crippen LogP contribution in [0.25, 0.3) is 0 Å². The molecule has 0 spiro atoms. The van der Waals surface area contributed by atoms with Gasteiger partial charge in [0.05, 0.1) is 24.3 Å². The van der Waals surface area contributed by atoms with Gasteiger partial charge in [-0.05, 0) is 18.2 Å². The summed E-state index contributed by atoms with van der Waals surface area (Å²) < 4.78 is 40.3. The normalized spacial score (nSPS) is 16.0. The summed E-state index contributed by atoms with van der Waals surface area (Å²) in [4.78, 5) is 11.6. The van der Waals surface area contributed by atoms with E-state index in [4.69, 9.17) is 25.8 Å². The number of amides is 1. The minimum absolute atomic E-state index is 0.100. The molecule has 0 atom stereocenters. The number of alkyl halides is 2. The third-order valence-corrected chi connectivity index (χ3v) is 3.07. The van der Waals surface area contributed by atoms with Crippen molar-refractivity contribution in [1.82, 2.24) is 5.32 Å². The van der Waals surface area contributed by atoms with E-state index < -0.39 is 6.43 Å². The SMILES string of the molecule is O=C(COc1ccc(C(F)F)c(Cl)c1)NC1COCOC1. The van der Waals surface area contributed by atoms with E-state index in [1.807, 2.05) is 0 Å². The maximum Gasteiger partial charge on any atom is 0.265 e. The number of rotatable bonds is 5. The van der Waals surface area contributed by atoms with Crippen LogP contribution < -0.4 is 10.1 Å². The molecule has 0 unspecified atom stereocenters. The summed E-state index contributed by atoms with van der Waals surface area (Å²) in [7, 11) is 0. The number of hydrogen-bond donors (Lipinski definition) is 1. The summed E-state index contributed by atoms with van der Waals surface area (Å²) >= 11 is 5.70. The Bertz CT molecular complexity index is 495. The number of carbonyl (C=O) groups excluding carboxylic acids is 1. The maximum atomic E-state index is 12.5. The number of hydrogen-bond acceptors (Lipinski definition) is 4. The molecule has 1 amide bonds. The molecule has 1 saturated heterocycles. The molecule has 0 radical (unpaired) electrons. The van der Waals surface area contributed by atoms with Gasteiger partial charge in [-0.2, -0.15) is 0 Å². The van der Waals surface area contributed by atoms with Gasteiger partial charge in [-0.25, -0.2) is 8.78 Å². The molecule has 2 rings (SSSR count). The molecule has 5 nitrogen and oxygen atoms in total. The molecule has 1 aromatic carbocycles. The second kappa shape index (κ2) is 7.53. The average Bonchev–Trinajstić information content (AvgIpc) is 2.46. The van der Waals surface area contributed by atoms with Crippen molar-refractivity contribution >= 4 is 17.5 Å². The number of carbonyl (C=O) groups is 1. The molecule has 1 fully saturated rings. The molecular formula is C13H14ClF2NO4. The van der Waals surface area contributed by atoms with E-state index >= 15 is 0 Å². The predicted molar refractivity (Wildman–Crippen MR) is 70.6 cm³/mol. The van der Waals surface area contributed by atoms with Crippen molar-refractivity contribution in [2.45, 2.75) is 12.5 Å².